The van der Waals surface area contributed by atoms with E-state index in [1.165, 1.54) is 7.11 Å². The summed E-state index contributed by atoms with van der Waals surface area (Å²) in [5.41, 5.74) is 8.61. The van der Waals surface area contributed by atoms with Gasteiger partial charge in [-0.25, -0.2) is 8.78 Å². The molecule has 2 N–H and O–H groups in total. The number of aryl methyl sites for hydroxylation is 1. The molecule has 0 aromatic heterocycles. The lowest BCUT2D eigenvalue weighted by atomic mass is 9.92. The maximum atomic E-state index is 14.1. The van der Waals surface area contributed by atoms with Crippen molar-refractivity contribution in [3.63, 3.8) is 0 Å². The van der Waals surface area contributed by atoms with E-state index in [-0.39, 0.29) is 11.3 Å². The van der Waals surface area contributed by atoms with Gasteiger partial charge < -0.3 is 10.5 Å². The molecule has 2 aromatic carbocycles. The van der Waals surface area contributed by atoms with Crippen molar-refractivity contribution in [2.24, 2.45) is 5.73 Å². The average Bonchev–Trinajstić information content (AvgIpc) is 2.40. The van der Waals surface area contributed by atoms with Crippen LogP contribution in [0.5, 0.6) is 5.75 Å². The van der Waals surface area contributed by atoms with Crippen LogP contribution in [0.1, 0.15) is 28.3 Å². The fourth-order valence-corrected chi connectivity index (χ4v) is 2.24. The molecule has 0 fully saturated rings. The van der Waals surface area contributed by atoms with Crippen LogP contribution in [-0.4, -0.2) is 7.11 Å². The second-order valence-corrected chi connectivity index (χ2v) is 4.77. The van der Waals surface area contributed by atoms with Gasteiger partial charge >= 0.3 is 0 Å². The van der Waals surface area contributed by atoms with Gasteiger partial charge in [0.1, 0.15) is 17.4 Å². The third kappa shape index (κ3) is 2.51. The maximum absolute atomic E-state index is 14.1. The largest absolute Gasteiger partial charge is 0.497 e. The molecule has 2 rings (SSSR count). The third-order valence-electron chi connectivity index (χ3n) is 3.58. The van der Waals surface area contributed by atoms with Crippen molar-refractivity contribution in [3.8, 4) is 5.75 Å². The first-order chi connectivity index (χ1) is 9.45. The van der Waals surface area contributed by atoms with Gasteiger partial charge in [-0.2, -0.15) is 0 Å². The smallest absolute Gasteiger partial charge is 0.134 e. The van der Waals surface area contributed by atoms with Gasteiger partial charge in [-0.3, -0.25) is 0 Å². The minimum Gasteiger partial charge on any atom is -0.497 e. The Morgan fingerprint density at radius 3 is 2.25 bits per heavy atom. The fourth-order valence-electron chi connectivity index (χ4n) is 2.24. The van der Waals surface area contributed by atoms with E-state index < -0.39 is 17.7 Å². The maximum Gasteiger partial charge on any atom is 0.134 e. The molecule has 2 nitrogen and oxygen atoms in total. The number of rotatable bonds is 3. The molecule has 4 heteroatoms. The van der Waals surface area contributed by atoms with E-state index >= 15 is 0 Å². The van der Waals surface area contributed by atoms with Gasteiger partial charge in [-0.05, 0) is 30.5 Å². The Bertz CT molecular complexity index is 617. The molecule has 106 valence electrons. The summed E-state index contributed by atoms with van der Waals surface area (Å²) < 4.78 is 33.0. The van der Waals surface area contributed by atoms with Crippen molar-refractivity contribution in [2.75, 3.05) is 7.11 Å². The zero-order chi connectivity index (χ0) is 14.9. The van der Waals surface area contributed by atoms with Gasteiger partial charge in [0.25, 0.3) is 0 Å². The van der Waals surface area contributed by atoms with Crippen LogP contribution >= 0.6 is 0 Å². The summed E-state index contributed by atoms with van der Waals surface area (Å²) in [5, 5.41) is 0. The Labute approximate surface area is 117 Å². The summed E-state index contributed by atoms with van der Waals surface area (Å²) in [4.78, 5) is 0. The van der Waals surface area contributed by atoms with Crippen LogP contribution in [0.2, 0.25) is 0 Å². The molecule has 0 spiro atoms. The van der Waals surface area contributed by atoms with Gasteiger partial charge in [-0.15, -0.1) is 0 Å². The molecule has 0 aliphatic rings. The molecule has 0 aliphatic heterocycles. The van der Waals surface area contributed by atoms with Crippen molar-refractivity contribution < 1.29 is 13.5 Å². The molecule has 2 aromatic rings. The number of hydrogen-bond donors (Lipinski definition) is 1. The monoisotopic (exact) mass is 277 g/mol. The first-order valence-electron chi connectivity index (χ1n) is 6.30. The summed E-state index contributed by atoms with van der Waals surface area (Å²) >= 11 is 0. The standard InChI is InChI=1S/C16H17F2NO/c1-9-5-4-6-12(10(9)2)16(19)15-13(17)7-11(20-3)8-14(15)18/h4-8,16H,19H2,1-3H3. The predicted molar refractivity (Wildman–Crippen MR) is 74.9 cm³/mol. The number of halogens is 2. The summed E-state index contributed by atoms with van der Waals surface area (Å²) in [6.45, 7) is 3.83. The van der Waals surface area contributed by atoms with E-state index in [9.17, 15) is 8.78 Å². The summed E-state index contributed by atoms with van der Waals surface area (Å²) in [5.74, 6) is -1.26. The van der Waals surface area contributed by atoms with Crippen LogP contribution < -0.4 is 10.5 Å². The van der Waals surface area contributed by atoms with E-state index in [0.29, 0.717) is 5.56 Å². The summed E-state index contributed by atoms with van der Waals surface area (Å²) in [7, 11) is 1.36. The van der Waals surface area contributed by atoms with Crippen molar-refractivity contribution in [2.45, 2.75) is 19.9 Å². The zero-order valence-electron chi connectivity index (χ0n) is 11.7. The van der Waals surface area contributed by atoms with Crippen molar-refractivity contribution >= 4 is 0 Å². The quantitative estimate of drug-likeness (QED) is 0.929. The normalized spacial score (nSPS) is 12.3. The van der Waals surface area contributed by atoms with E-state index in [1.807, 2.05) is 26.0 Å². The van der Waals surface area contributed by atoms with Gasteiger partial charge in [0.05, 0.1) is 13.2 Å². The Balaban J connectivity index is 2.54. The number of benzene rings is 2. The van der Waals surface area contributed by atoms with E-state index in [1.54, 1.807) is 6.07 Å². The van der Waals surface area contributed by atoms with Crippen molar-refractivity contribution in [1.29, 1.82) is 0 Å². The fraction of sp³-hybridized carbons (Fsp3) is 0.250. The average molecular weight is 277 g/mol. The van der Waals surface area contributed by atoms with Crippen LogP contribution in [0, 0.1) is 25.5 Å². The van der Waals surface area contributed by atoms with E-state index in [0.717, 1.165) is 23.3 Å². The van der Waals surface area contributed by atoms with E-state index in [4.69, 9.17) is 10.5 Å². The van der Waals surface area contributed by atoms with Crippen LogP contribution in [0.3, 0.4) is 0 Å². The lowest BCUT2D eigenvalue weighted by Gasteiger charge is -2.18. The molecule has 1 unspecified atom stereocenters. The highest BCUT2D eigenvalue weighted by Gasteiger charge is 2.21. The molecular formula is C16H17F2NO. The molecule has 0 aliphatic carbocycles. The second-order valence-electron chi connectivity index (χ2n) is 4.77. The summed E-state index contributed by atoms with van der Waals surface area (Å²) in [6, 6.07) is 6.99. The molecule has 0 heterocycles. The molecule has 0 saturated heterocycles. The Morgan fingerprint density at radius 2 is 1.70 bits per heavy atom. The zero-order valence-corrected chi connectivity index (χ0v) is 11.7. The molecular weight excluding hydrogens is 260 g/mol. The first-order valence-corrected chi connectivity index (χ1v) is 6.30. The van der Waals surface area contributed by atoms with Gasteiger partial charge in [0.15, 0.2) is 0 Å². The second kappa shape index (κ2) is 5.59. The number of ether oxygens (including phenoxy) is 1. The van der Waals surface area contributed by atoms with Crippen LogP contribution in [-0.2, 0) is 0 Å². The first kappa shape index (κ1) is 14.5. The SMILES string of the molecule is COc1cc(F)c(C(N)c2cccc(C)c2C)c(F)c1. The Kier molecular flexibility index (Phi) is 4.04. The Morgan fingerprint density at radius 1 is 1.10 bits per heavy atom. The topological polar surface area (TPSA) is 35.2 Å². The lowest BCUT2D eigenvalue weighted by molar-refractivity contribution is 0.404. The minimum absolute atomic E-state index is 0.136. The highest BCUT2D eigenvalue weighted by Crippen LogP contribution is 2.30. The molecule has 1 atom stereocenters. The van der Waals surface area contributed by atoms with Crippen molar-refractivity contribution in [1.82, 2.24) is 0 Å². The molecule has 0 bridgehead atoms. The molecule has 0 saturated carbocycles. The van der Waals surface area contributed by atoms with Crippen molar-refractivity contribution in [3.05, 3.63) is 64.2 Å². The number of nitrogens with two attached hydrogens (primary N) is 1. The van der Waals surface area contributed by atoms with Crippen LogP contribution in [0.4, 0.5) is 8.78 Å². The number of methoxy groups -OCH3 is 1. The minimum atomic E-state index is -0.846. The molecule has 20 heavy (non-hydrogen) atoms. The van der Waals surface area contributed by atoms with E-state index in [2.05, 4.69) is 0 Å². The lowest BCUT2D eigenvalue weighted by Crippen LogP contribution is -2.17. The Hall–Kier alpha value is -1.94. The van der Waals surface area contributed by atoms with Gasteiger partial charge in [-0.1, -0.05) is 18.2 Å². The third-order valence-corrected chi connectivity index (χ3v) is 3.58. The predicted octanol–water partition coefficient (Wildman–Crippen LogP) is 3.64. The molecule has 0 amide bonds. The number of hydrogen-bond acceptors (Lipinski definition) is 2. The van der Waals surface area contributed by atoms with Gasteiger partial charge in [0.2, 0.25) is 0 Å². The highest BCUT2D eigenvalue weighted by molar-refractivity contribution is 5.42. The van der Waals surface area contributed by atoms with Gasteiger partial charge in [0, 0.05) is 17.7 Å². The summed E-state index contributed by atoms with van der Waals surface area (Å²) in [6.07, 6.45) is 0. The highest BCUT2D eigenvalue weighted by atomic mass is 19.1. The molecule has 0 radical (unpaired) electrons. The van der Waals surface area contributed by atoms with Crippen LogP contribution in [0.25, 0.3) is 0 Å². The van der Waals surface area contributed by atoms with Crippen LogP contribution in [0.15, 0.2) is 30.3 Å².